The van der Waals surface area contributed by atoms with E-state index in [4.69, 9.17) is 11.6 Å². The Bertz CT molecular complexity index is 1290. The largest absolute Gasteiger partial charge is 0.213 e. The summed E-state index contributed by atoms with van der Waals surface area (Å²) in [7, 11) is 0. The summed E-state index contributed by atoms with van der Waals surface area (Å²) < 4.78 is 2.40. The molecule has 0 N–H and O–H groups in total. The molecule has 4 aromatic carbocycles. The maximum Gasteiger partial charge on any atom is 0.213 e. The van der Waals surface area contributed by atoms with Crippen molar-refractivity contribution in [3.8, 4) is 33.6 Å². The van der Waals surface area contributed by atoms with Crippen LogP contribution >= 0.6 is 11.6 Å². The van der Waals surface area contributed by atoms with E-state index in [1.165, 1.54) is 22.3 Å². The molecule has 2 unspecified atom stereocenters. The summed E-state index contributed by atoms with van der Waals surface area (Å²) in [5.41, 5.74) is 8.14. The van der Waals surface area contributed by atoms with Crippen molar-refractivity contribution in [1.82, 2.24) is 0 Å². The maximum atomic E-state index is 7.15. The fourth-order valence-electron chi connectivity index (χ4n) is 4.55. The normalized spacial score (nSPS) is 12.8. The number of nitrogens with zero attached hydrogens (tertiary/aromatic N) is 1. The Morgan fingerprint density at radius 2 is 0.882 bits per heavy atom. The predicted octanol–water partition coefficient (Wildman–Crippen LogP) is 8.52. The lowest BCUT2D eigenvalue weighted by Crippen LogP contribution is -2.44. The molecule has 1 heterocycles. The Hall–Kier alpha value is -3.68. The summed E-state index contributed by atoms with van der Waals surface area (Å²) in [5, 5.41) is -0.182. The lowest BCUT2D eigenvalue weighted by Gasteiger charge is -2.21. The summed E-state index contributed by atoms with van der Waals surface area (Å²) in [5.74, 6) is 0. The van der Waals surface area contributed by atoms with Crippen LogP contribution in [-0.4, -0.2) is 0 Å². The van der Waals surface area contributed by atoms with Gasteiger partial charge in [-0.3, -0.25) is 0 Å². The molecule has 166 valence electrons. The van der Waals surface area contributed by atoms with Crippen LogP contribution < -0.4 is 4.57 Å². The van der Waals surface area contributed by atoms with Crippen LogP contribution in [0.1, 0.15) is 23.9 Å². The summed E-state index contributed by atoms with van der Waals surface area (Å²) >= 11 is 7.15. The summed E-state index contributed by atoms with van der Waals surface area (Å²) in [6, 6.07) is 46.7. The van der Waals surface area contributed by atoms with Crippen LogP contribution in [0.15, 0.2) is 133 Å². The second-order valence-electron chi connectivity index (χ2n) is 8.54. The average molecular weight is 461 g/mol. The van der Waals surface area contributed by atoms with Gasteiger partial charge in [0.2, 0.25) is 11.4 Å². The van der Waals surface area contributed by atoms with Crippen LogP contribution in [0.2, 0.25) is 0 Å². The van der Waals surface area contributed by atoms with Crippen molar-refractivity contribution in [2.24, 2.45) is 0 Å². The number of pyridine rings is 1. The standard InChI is InChI=1S/C32H27ClN/c1-24(32(33)28-20-12-5-13-21-28)34-30(26-16-8-3-9-17-26)22-29(25-14-6-2-7-15-25)23-31(34)27-18-10-4-11-19-27/h2-24,32H,1H3/q+1. The molecule has 0 amide bonds. The minimum atomic E-state index is -0.182. The molecule has 1 nitrogen and oxygen atoms in total. The van der Waals surface area contributed by atoms with Crippen LogP contribution in [0.5, 0.6) is 0 Å². The van der Waals surface area contributed by atoms with E-state index in [1.54, 1.807) is 0 Å². The molecule has 5 rings (SSSR count). The number of benzene rings is 4. The second-order valence-corrected chi connectivity index (χ2v) is 9.01. The van der Waals surface area contributed by atoms with Gasteiger partial charge in [0, 0.05) is 23.3 Å². The van der Waals surface area contributed by atoms with Crippen molar-refractivity contribution >= 4 is 11.6 Å². The molecular weight excluding hydrogens is 434 g/mol. The van der Waals surface area contributed by atoms with Crippen molar-refractivity contribution < 1.29 is 4.57 Å². The highest BCUT2D eigenvalue weighted by Crippen LogP contribution is 2.35. The molecule has 2 heteroatoms. The van der Waals surface area contributed by atoms with Crippen molar-refractivity contribution in [2.75, 3.05) is 0 Å². The Morgan fingerprint density at radius 1 is 0.500 bits per heavy atom. The first-order valence-corrected chi connectivity index (χ1v) is 12.1. The van der Waals surface area contributed by atoms with Gasteiger partial charge in [0.15, 0.2) is 6.04 Å². The van der Waals surface area contributed by atoms with E-state index >= 15 is 0 Å². The zero-order valence-electron chi connectivity index (χ0n) is 19.2. The third-order valence-electron chi connectivity index (χ3n) is 6.30. The topological polar surface area (TPSA) is 3.88 Å². The molecule has 0 saturated heterocycles. The van der Waals surface area contributed by atoms with Crippen molar-refractivity contribution in [2.45, 2.75) is 18.3 Å². The lowest BCUT2D eigenvalue weighted by atomic mass is 9.97. The Morgan fingerprint density at radius 3 is 1.32 bits per heavy atom. The summed E-state index contributed by atoms with van der Waals surface area (Å²) in [4.78, 5) is 0. The first-order valence-electron chi connectivity index (χ1n) is 11.7. The molecule has 0 fully saturated rings. The molecule has 34 heavy (non-hydrogen) atoms. The summed E-state index contributed by atoms with van der Waals surface area (Å²) in [6.07, 6.45) is 0. The molecule has 0 spiro atoms. The number of aromatic nitrogens is 1. The minimum Gasteiger partial charge on any atom is -0.187 e. The van der Waals surface area contributed by atoms with Gasteiger partial charge >= 0.3 is 0 Å². The maximum absolute atomic E-state index is 7.15. The van der Waals surface area contributed by atoms with Gasteiger partial charge in [-0.25, -0.2) is 0 Å². The van der Waals surface area contributed by atoms with Crippen LogP contribution in [0.25, 0.3) is 33.6 Å². The Balaban J connectivity index is 1.79. The number of halogens is 1. The molecule has 0 saturated carbocycles. The van der Waals surface area contributed by atoms with Crippen LogP contribution in [0, 0.1) is 0 Å². The smallest absolute Gasteiger partial charge is 0.187 e. The predicted molar refractivity (Wildman–Crippen MR) is 143 cm³/mol. The molecule has 1 aromatic heterocycles. The zero-order chi connectivity index (χ0) is 23.3. The highest BCUT2D eigenvalue weighted by Gasteiger charge is 2.32. The van der Waals surface area contributed by atoms with Crippen molar-refractivity contribution in [3.63, 3.8) is 0 Å². The Kier molecular flexibility index (Phi) is 6.56. The van der Waals surface area contributed by atoms with Gasteiger partial charge in [-0.15, -0.1) is 11.6 Å². The minimum absolute atomic E-state index is 0.0132. The number of hydrogen-bond donors (Lipinski definition) is 0. The van der Waals surface area contributed by atoms with E-state index in [0.717, 1.165) is 17.0 Å². The van der Waals surface area contributed by atoms with E-state index in [9.17, 15) is 0 Å². The first kappa shape index (κ1) is 22.1. The van der Waals surface area contributed by atoms with Crippen LogP contribution in [0.3, 0.4) is 0 Å². The summed E-state index contributed by atoms with van der Waals surface area (Å²) in [6.45, 7) is 2.21. The third-order valence-corrected chi connectivity index (χ3v) is 6.92. The fraction of sp³-hybridized carbons (Fsp3) is 0.0938. The Labute approximate surface area is 206 Å². The van der Waals surface area contributed by atoms with Gasteiger partial charge < -0.3 is 0 Å². The highest BCUT2D eigenvalue weighted by atomic mass is 35.5. The fourth-order valence-corrected chi connectivity index (χ4v) is 4.81. The van der Waals surface area contributed by atoms with E-state index < -0.39 is 0 Å². The molecule has 0 bridgehead atoms. The van der Waals surface area contributed by atoms with E-state index in [-0.39, 0.29) is 11.4 Å². The SMILES string of the molecule is CC(C(Cl)c1ccccc1)[n+]1c(-c2ccccc2)cc(-c2ccccc2)cc1-c1ccccc1. The van der Waals surface area contributed by atoms with Crippen molar-refractivity contribution in [3.05, 3.63) is 139 Å². The molecule has 2 atom stereocenters. The third kappa shape index (κ3) is 4.53. The van der Waals surface area contributed by atoms with E-state index in [1.807, 2.05) is 6.07 Å². The van der Waals surface area contributed by atoms with Gasteiger partial charge in [0.05, 0.1) is 0 Å². The van der Waals surface area contributed by atoms with E-state index in [0.29, 0.717) is 0 Å². The first-order chi connectivity index (χ1) is 16.7. The van der Waals surface area contributed by atoms with Crippen LogP contribution in [0.4, 0.5) is 0 Å². The number of alkyl halides is 1. The molecule has 0 aliphatic heterocycles. The van der Waals surface area contributed by atoms with Crippen molar-refractivity contribution in [1.29, 1.82) is 0 Å². The quantitative estimate of drug-likeness (QED) is 0.176. The van der Waals surface area contributed by atoms with E-state index in [2.05, 4.69) is 139 Å². The number of rotatable bonds is 6. The second kappa shape index (κ2) is 10.1. The monoisotopic (exact) mass is 460 g/mol. The van der Waals surface area contributed by atoms with Gasteiger partial charge in [0.1, 0.15) is 5.38 Å². The molecule has 0 aliphatic rings. The van der Waals surface area contributed by atoms with Gasteiger partial charge in [-0.2, -0.15) is 4.57 Å². The highest BCUT2D eigenvalue weighted by molar-refractivity contribution is 6.21. The van der Waals surface area contributed by atoms with Gasteiger partial charge in [-0.1, -0.05) is 97.1 Å². The average Bonchev–Trinajstić information content (AvgIpc) is 2.93. The zero-order valence-corrected chi connectivity index (χ0v) is 19.9. The molecule has 0 radical (unpaired) electrons. The van der Waals surface area contributed by atoms with Gasteiger partial charge in [0.25, 0.3) is 0 Å². The van der Waals surface area contributed by atoms with Gasteiger partial charge in [-0.05, 0) is 47.9 Å². The number of hydrogen-bond acceptors (Lipinski definition) is 0. The molecule has 0 aliphatic carbocycles. The lowest BCUT2D eigenvalue weighted by molar-refractivity contribution is -0.699. The van der Waals surface area contributed by atoms with Crippen LogP contribution in [-0.2, 0) is 0 Å². The molecular formula is C32H27ClN+. The molecule has 5 aromatic rings.